The molecule has 98 valence electrons. The molecule has 0 saturated carbocycles. The number of amides is 1. The monoisotopic (exact) mass is 253 g/mol. The Labute approximate surface area is 104 Å². The Morgan fingerprint density at radius 3 is 2.72 bits per heavy atom. The number of carbonyl (C=O) groups is 1. The number of rotatable bonds is 6. The van der Waals surface area contributed by atoms with Gasteiger partial charge in [-0.05, 0) is 13.8 Å². The van der Waals surface area contributed by atoms with Crippen LogP contribution in [-0.4, -0.2) is 23.5 Å². The molecule has 0 aliphatic heterocycles. The van der Waals surface area contributed by atoms with Crippen molar-refractivity contribution in [3.63, 3.8) is 0 Å². The molecule has 0 aliphatic rings. The molecule has 18 heavy (non-hydrogen) atoms. The molecule has 7 heteroatoms. The second-order valence-corrected chi connectivity index (χ2v) is 3.67. The molecule has 1 amide bonds. The highest BCUT2D eigenvalue weighted by Crippen LogP contribution is 2.26. The summed E-state index contributed by atoms with van der Waals surface area (Å²) >= 11 is 0. The van der Waals surface area contributed by atoms with E-state index < -0.39 is 16.9 Å². The minimum atomic E-state index is -0.624. The zero-order valence-corrected chi connectivity index (χ0v) is 10.2. The summed E-state index contributed by atoms with van der Waals surface area (Å²) < 4.78 is 5.22. The Balaban J connectivity index is 3.02. The second kappa shape index (κ2) is 5.85. The van der Waals surface area contributed by atoms with E-state index >= 15 is 0 Å². The summed E-state index contributed by atoms with van der Waals surface area (Å²) in [5, 5.41) is 13.5. The average molecular weight is 253 g/mol. The molecule has 1 rings (SSSR count). The zero-order valence-electron chi connectivity index (χ0n) is 10.2. The van der Waals surface area contributed by atoms with Crippen LogP contribution < -0.4 is 15.8 Å². The third-order valence-electron chi connectivity index (χ3n) is 2.22. The Morgan fingerprint density at radius 1 is 1.56 bits per heavy atom. The maximum absolute atomic E-state index is 10.9. The topological polar surface area (TPSA) is 107 Å². The fraction of sp³-hybridized carbons (Fsp3) is 0.364. The van der Waals surface area contributed by atoms with Gasteiger partial charge in [0.25, 0.3) is 5.69 Å². The largest absolute Gasteiger partial charge is 0.494 e. The number of hydrogen-bond acceptors (Lipinski definition) is 5. The van der Waals surface area contributed by atoms with Gasteiger partial charge in [-0.1, -0.05) is 0 Å². The first-order chi connectivity index (χ1) is 8.43. The standard InChI is InChI=1S/C11H15N3O4/c1-3-18-10-5-8(13-7(2)11(12)15)4-9(6-10)14(16)17/h4-7,13H,3H2,1-2H3,(H2,12,15). The van der Waals surface area contributed by atoms with Crippen molar-refractivity contribution in [2.75, 3.05) is 11.9 Å². The number of ether oxygens (including phenoxy) is 1. The first-order valence-corrected chi connectivity index (χ1v) is 5.42. The van der Waals surface area contributed by atoms with Gasteiger partial charge in [0.05, 0.1) is 17.6 Å². The molecule has 0 heterocycles. The first-order valence-electron chi connectivity index (χ1n) is 5.42. The average Bonchev–Trinajstić information content (AvgIpc) is 2.28. The third-order valence-corrected chi connectivity index (χ3v) is 2.22. The number of non-ortho nitro benzene ring substituents is 1. The SMILES string of the molecule is CCOc1cc(NC(C)C(N)=O)cc([N+](=O)[O-])c1. The molecule has 1 atom stereocenters. The number of nitro groups is 1. The number of nitrogens with one attached hydrogen (secondary N) is 1. The summed E-state index contributed by atoms with van der Waals surface area (Å²) in [6.45, 7) is 3.74. The third kappa shape index (κ3) is 3.62. The van der Waals surface area contributed by atoms with Crippen LogP contribution in [0.1, 0.15) is 13.8 Å². The molecule has 1 aromatic carbocycles. The fourth-order valence-electron chi connectivity index (χ4n) is 1.34. The molecular weight excluding hydrogens is 238 g/mol. The van der Waals surface area contributed by atoms with Crippen molar-refractivity contribution in [1.82, 2.24) is 0 Å². The minimum absolute atomic E-state index is 0.111. The van der Waals surface area contributed by atoms with Gasteiger partial charge < -0.3 is 15.8 Å². The molecule has 7 nitrogen and oxygen atoms in total. The van der Waals surface area contributed by atoms with Crippen molar-refractivity contribution in [1.29, 1.82) is 0 Å². The molecule has 3 N–H and O–H groups in total. The highest BCUT2D eigenvalue weighted by Gasteiger charge is 2.13. The van der Waals surface area contributed by atoms with Gasteiger partial charge in [-0.3, -0.25) is 14.9 Å². The van der Waals surface area contributed by atoms with E-state index in [-0.39, 0.29) is 5.69 Å². The number of nitrogens with two attached hydrogens (primary N) is 1. The van der Waals surface area contributed by atoms with Gasteiger partial charge in [0.15, 0.2) is 0 Å². The van der Waals surface area contributed by atoms with Crippen LogP contribution in [0, 0.1) is 10.1 Å². The van der Waals surface area contributed by atoms with Gasteiger partial charge in [-0.25, -0.2) is 0 Å². The van der Waals surface area contributed by atoms with Crippen LogP contribution >= 0.6 is 0 Å². The molecule has 1 unspecified atom stereocenters. The lowest BCUT2D eigenvalue weighted by Gasteiger charge is -2.12. The normalized spacial score (nSPS) is 11.7. The Bertz CT molecular complexity index is 462. The van der Waals surface area contributed by atoms with E-state index in [1.165, 1.54) is 12.1 Å². The predicted molar refractivity (Wildman–Crippen MR) is 66.5 cm³/mol. The molecule has 0 bridgehead atoms. The molecule has 0 fully saturated rings. The van der Waals surface area contributed by atoms with Crippen molar-refractivity contribution in [2.45, 2.75) is 19.9 Å². The molecule has 0 saturated heterocycles. The Kier molecular flexibility index (Phi) is 4.47. The van der Waals surface area contributed by atoms with Crippen LogP contribution in [0.25, 0.3) is 0 Å². The summed E-state index contributed by atoms with van der Waals surface area (Å²) in [5.41, 5.74) is 5.42. The van der Waals surface area contributed by atoms with Gasteiger partial charge in [-0.15, -0.1) is 0 Å². The number of primary amides is 1. The Hall–Kier alpha value is -2.31. The Morgan fingerprint density at radius 2 is 2.22 bits per heavy atom. The van der Waals surface area contributed by atoms with Gasteiger partial charge in [0.1, 0.15) is 11.8 Å². The number of nitro benzene ring substituents is 1. The van der Waals surface area contributed by atoms with Crippen LogP contribution in [-0.2, 0) is 4.79 Å². The van der Waals surface area contributed by atoms with Crippen molar-refractivity contribution in [3.05, 3.63) is 28.3 Å². The van der Waals surface area contributed by atoms with E-state index in [1.54, 1.807) is 19.9 Å². The predicted octanol–water partition coefficient (Wildman–Crippen LogP) is 1.28. The van der Waals surface area contributed by atoms with Crippen LogP contribution in [0.3, 0.4) is 0 Å². The molecular formula is C11H15N3O4. The lowest BCUT2D eigenvalue weighted by Crippen LogP contribution is -2.32. The maximum Gasteiger partial charge on any atom is 0.275 e. The summed E-state index contributed by atoms with van der Waals surface area (Å²) in [7, 11) is 0. The fourth-order valence-corrected chi connectivity index (χ4v) is 1.34. The summed E-state index contributed by atoms with van der Waals surface area (Å²) in [6, 6.07) is 3.60. The van der Waals surface area contributed by atoms with E-state index in [9.17, 15) is 14.9 Å². The van der Waals surface area contributed by atoms with Gasteiger partial charge in [0, 0.05) is 17.8 Å². The lowest BCUT2D eigenvalue weighted by atomic mass is 10.2. The number of benzene rings is 1. The van der Waals surface area contributed by atoms with Crippen LogP contribution in [0.4, 0.5) is 11.4 Å². The molecule has 0 aromatic heterocycles. The number of anilines is 1. The second-order valence-electron chi connectivity index (χ2n) is 3.67. The molecule has 0 aliphatic carbocycles. The number of nitrogens with zero attached hydrogens (tertiary/aromatic N) is 1. The summed E-state index contributed by atoms with van der Waals surface area (Å²) in [5.74, 6) is -0.176. The van der Waals surface area contributed by atoms with Crippen molar-refractivity contribution in [3.8, 4) is 5.75 Å². The van der Waals surface area contributed by atoms with E-state index in [4.69, 9.17) is 10.5 Å². The summed E-state index contributed by atoms with van der Waals surface area (Å²) in [6.07, 6.45) is 0. The zero-order chi connectivity index (χ0) is 13.7. The van der Waals surface area contributed by atoms with E-state index in [0.717, 1.165) is 0 Å². The van der Waals surface area contributed by atoms with E-state index in [2.05, 4.69) is 5.32 Å². The van der Waals surface area contributed by atoms with Gasteiger partial charge >= 0.3 is 0 Å². The van der Waals surface area contributed by atoms with Gasteiger partial charge in [0.2, 0.25) is 5.91 Å². The van der Waals surface area contributed by atoms with Crippen molar-refractivity contribution < 1.29 is 14.5 Å². The lowest BCUT2D eigenvalue weighted by molar-refractivity contribution is -0.384. The minimum Gasteiger partial charge on any atom is -0.494 e. The first kappa shape index (κ1) is 13.8. The summed E-state index contributed by atoms with van der Waals surface area (Å²) in [4.78, 5) is 21.2. The molecule has 0 radical (unpaired) electrons. The van der Waals surface area contributed by atoms with E-state index in [0.29, 0.717) is 18.0 Å². The highest BCUT2D eigenvalue weighted by molar-refractivity contribution is 5.82. The van der Waals surface area contributed by atoms with Crippen LogP contribution in [0.5, 0.6) is 5.75 Å². The van der Waals surface area contributed by atoms with E-state index in [1.807, 2.05) is 0 Å². The van der Waals surface area contributed by atoms with Crippen LogP contribution in [0.15, 0.2) is 18.2 Å². The smallest absolute Gasteiger partial charge is 0.275 e. The van der Waals surface area contributed by atoms with Crippen molar-refractivity contribution in [2.24, 2.45) is 5.73 Å². The van der Waals surface area contributed by atoms with Gasteiger partial charge in [-0.2, -0.15) is 0 Å². The van der Waals surface area contributed by atoms with Crippen LogP contribution in [0.2, 0.25) is 0 Å². The molecule has 1 aromatic rings. The number of hydrogen-bond donors (Lipinski definition) is 2. The highest BCUT2D eigenvalue weighted by atomic mass is 16.6. The quantitative estimate of drug-likeness (QED) is 0.586. The number of carbonyl (C=O) groups excluding carboxylic acids is 1. The van der Waals surface area contributed by atoms with Crippen molar-refractivity contribution >= 4 is 17.3 Å². The maximum atomic E-state index is 10.9. The molecule has 0 spiro atoms.